The molecule has 1 amide bonds. The predicted molar refractivity (Wildman–Crippen MR) is 98.6 cm³/mol. The van der Waals surface area contributed by atoms with E-state index < -0.39 is 0 Å². The first kappa shape index (κ1) is 18.6. The highest BCUT2D eigenvalue weighted by molar-refractivity contribution is 7.99. The molecule has 0 aliphatic carbocycles. The lowest BCUT2D eigenvalue weighted by Crippen LogP contribution is -2.33. The number of benzene rings is 1. The van der Waals surface area contributed by atoms with Crippen molar-refractivity contribution in [3.63, 3.8) is 0 Å². The van der Waals surface area contributed by atoms with Crippen LogP contribution in [0.5, 0.6) is 11.5 Å². The minimum atomic E-state index is 0.125. The third-order valence-electron chi connectivity index (χ3n) is 4.28. The van der Waals surface area contributed by atoms with Crippen LogP contribution in [0, 0.1) is 0 Å². The molecule has 0 unspecified atom stereocenters. The van der Waals surface area contributed by atoms with E-state index in [4.69, 9.17) is 13.9 Å². The molecule has 7 nitrogen and oxygen atoms in total. The number of carbonyl (C=O) groups is 1. The summed E-state index contributed by atoms with van der Waals surface area (Å²) in [5, 5.41) is 8.48. The summed E-state index contributed by atoms with van der Waals surface area (Å²) in [4.78, 5) is 14.3. The molecule has 8 heteroatoms. The fraction of sp³-hybridized carbons (Fsp3) is 0.500. The van der Waals surface area contributed by atoms with Gasteiger partial charge in [-0.2, -0.15) is 0 Å². The number of likely N-dealkylation sites (tertiary alicyclic amines) is 1. The smallest absolute Gasteiger partial charge is 0.277 e. The second-order valence-corrected chi connectivity index (χ2v) is 6.98. The van der Waals surface area contributed by atoms with Crippen molar-refractivity contribution in [2.45, 2.75) is 30.9 Å². The Balaban J connectivity index is 1.63. The van der Waals surface area contributed by atoms with Crippen LogP contribution < -0.4 is 9.47 Å². The van der Waals surface area contributed by atoms with Gasteiger partial charge in [0, 0.05) is 24.7 Å². The molecule has 0 spiro atoms. The molecular weight excluding hydrogens is 354 g/mol. The maximum atomic E-state index is 12.4. The number of carbonyl (C=O) groups excluding carboxylic acids is 1. The normalized spacial score (nSPS) is 14.8. The van der Waals surface area contributed by atoms with E-state index in [9.17, 15) is 4.79 Å². The fourth-order valence-electron chi connectivity index (χ4n) is 2.85. The van der Waals surface area contributed by atoms with Crippen LogP contribution in [0.3, 0.4) is 0 Å². The lowest BCUT2D eigenvalue weighted by atomic mass is 10.2. The molecule has 1 aliphatic rings. The molecule has 2 heterocycles. The number of thioether (sulfide) groups is 1. The number of hydrogen-bond acceptors (Lipinski definition) is 7. The molecule has 1 fully saturated rings. The average Bonchev–Trinajstić information content (AvgIpc) is 2.98. The quantitative estimate of drug-likeness (QED) is 0.715. The molecule has 1 aromatic carbocycles. The largest absolute Gasteiger partial charge is 0.497 e. The molecule has 2 aromatic rings. The van der Waals surface area contributed by atoms with Gasteiger partial charge in [-0.1, -0.05) is 24.6 Å². The Hall–Kier alpha value is -2.22. The fourth-order valence-corrected chi connectivity index (χ4v) is 3.52. The molecule has 0 atom stereocenters. The number of nitrogens with zero attached hydrogens (tertiary/aromatic N) is 3. The first-order valence-corrected chi connectivity index (χ1v) is 9.65. The third-order valence-corrected chi connectivity index (χ3v) is 5.09. The number of hydrogen-bond donors (Lipinski definition) is 0. The SMILES string of the molecule is COc1cc(OC)cc(-c2nnc(SCC(=O)N3CCCCCC3)o2)c1. The van der Waals surface area contributed by atoms with E-state index in [0.29, 0.717) is 33.9 Å². The summed E-state index contributed by atoms with van der Waals surface area (Å²) < 4.78 is 16.2. The highest BCUT2D eigenvalue weighted by atomic mass is 32.2. The van der Waals surface area contributed by atoms with Gasteiger partial charge in [0.2, 0.25) is 11.8 Å². The van der Waals surface area contributed by atoms with Crippen molar-refractivity contribution in [1.82, 2.24) is 15.1 Å². The zero-order valence-electron chi connectivity index (χ0n) is 15.1. The number of aromatic nitrogens is 2. The Morgan fingerprint density at radius 2 is 1.73 bits per heavy atom. The Morgan fingerprint density at radius 1 is 1.08 bits per heavy atom. The lowest BCUT2D eigenvalue weighted by molar-refractivity contribution is -0.128. The van der Waals surface area contributed by atoms with Gasteiger partial charge in [-0.25, -0.2) is 0 Å². The Kier molecular flexibility index (Phi) is 6.38. The van der Waals surface area contributed by atoms with Crippen molar-refractivity contribution < 1.29 is 18.7 Å². The van der Waals surface area contributed by atoms with Crippen molar-refractivity contribution in [2.24, 2.45) is 0 Å². The van der Waals surface area contributed by atoms with Crippen molar-refractivity contribution in [1.29, 1.82) is 0 Å². The minimum Gasteiger partial charge on any atom is -0.497 e. The van der Waals surface area contributed by atoms with Gasteiger partial charge in [-0.05, 0) is 25.0 Å². The summed E-state index contributed by atoms with van der Waals surface area (Å²) in [6.45, 7) is 1.69. The summed E-state index contributed by atoms with van der Waals surface area (Å²) in [6, 6.07) is 5.37. The van der Waals surface area contributed by atoms with Gasteiger partial charge in [0.1, 0.15) is 11.5 Å². The Morgan fingerprint density at radius 3 is 2.35 bits per heavy atom. The zero-order chi connectivity index (χ0) is 18.4. The predicted octanol–water partition coefficient (Wildman–Crippen LogP) is 3.25. The molecule has 0 bridgehead atoms. The van der Waals surface area contributed by atoms with Gasteiger partial charge in [0.05, 0.1) is 20.0 Å². The number of ether oxygens (including phenoxy) is 2. The maximum absolute atomic E-state index is 12.4. The van der Waals surface area contributed by atoms with Gasteiger partial charge in [-0.3, -0.25) is 4.79 Å². The van der Waals surface area contributed by atoms with Crippen molar-refractivity contribution >= 4 is 17.7 Å². The van der Waals surface area contributed by atoms with Crippen LogP contribution in [0.1, 0.15) is 25.7 Å². The van der Waals surface area contributed by atoms with Crippen LogP contribution in [-0.4, -0.2) is 54.1 Å². The molecule has 0 saturated carbocycles. The van der Waals surface area contributed by atoms with Crippen LogP contribution in [0.2, 0.25) is 0 Å². The van der Waals surface area contributed by atoms with E-state index >= 15 is 0 Å². The van der Waals surface area contributed by atoms with Gasteiger partial charge in [0.15, 0.2) is 0 Å². The van der Waals surface area contributed by atoms with Gasteiger partial charge < -0.3 is 18.8 Å². The minimum absolute atomic E-state index is 0.125. The van der Waals surface area contributed by atoms with E-state index in [-0.39, 0.29) is 5.91 Å². The van der Waals surface area contributed by atoms with Crippen LogP contribution >= 0.6 is 11.8 Å². The van der Waals surface area contributed by atoms with Crippen molar-refractivity contribution in [3.8, 4) is 23.0 Å². The summed E-state index contributed by atoms with van der Waals surface area (Å²) in [6.07, 6.45) is 4.57. The highest BCUT2D eigenvalue weighted by Crippen LogP contribution is 2.30. The standard InChI is InChI=1S/C18H23N3O4S/c1-23-14-9-13(10-15(11-14)24-2)17-19-20-18(25-17)26-12-16(22)21-7-5-3-4-6-8-21/h9-11H,3-8,12H2,1-2H3. The van der Waals surface area contributed by atoms with E-state index in [0.717, 1.165) is 25.9 Å². The molecule has 3 rings (SSSR count). The summed E-state index contributed by atoms with van der Waals surface area (Å²) in [5.74, 6) is 2.08. The van der Waals surface area contributed by atoms with Crippen LogP contribution in [0.15, 0.2) is 27.8 Å². The number of rotatable bonds is 6. The van der Waals surface area contributed by atoms with E-state index in [1.54, 1.807) is 32.4 Å². The second kappa shape index (κ2) is 8.93. The van der Waals surface area contributed by atoms with Crippen LogP contribution in [-0.2, 0) is 4.79 Å². The average molecular weight is 377 g/mol. The van der Waals surface area contributed by atoms with E-state index in [2.05, 4.69) is 10.2 Å². The summed E-state index contributed by atoms with van der Waals surface area (Å²) in [5.41, 5.74) is 0.708. The van der Waals surface area contributed by atoms with Gasteiger partial charge >= 0.3 is 0 Å². The zero-order valence-corrected chi connectivity index (χ0v) is 15.9. The molecule has 1 aromatic heterocycles. The first-order chi connectivity index (χ1) is 12.7. The Bertz CT molecular complexity index is 720. The van der Waals surface area contributed by atoms with Crippen LogP contribution in [0.4, 0.5) is 0 Å². The maximum Gasteiger partial charge on any atom is 0.277 e. The molecule has 0 radical (unpaired) electrons. The molecule has 140 valence electrons. The van der Waals surface area contributed by atoms with Crippen LogP contribution in [0.25, 0.3) is 11.5 Å². The molecule has 26 heavy (non-hydrogen) atoms. The topological polar surface area (TPSA) is 77.7 Å². The monoisotopic (exact) mass is 377 g/mol. The lowest BCUT2D eigenvalue weighted by Gasteiger charge is -2.19. The number of amides is 1. The molecular formula is C18H23N3O4S. The highest BCUT2D eigenvalue weighted by Gasteiger charge is 2.18. The van der Waals surface area contributed by atoms with Gasteiger partial charge in [-0.15, -0.1) is 10.2 Å². The molecule has 1 saturated heterocycles. The van der Waals surface area contributed by atoms with E-state index in [1.165, 1.54) is 24.6 Å². The molecule has 1 aliphatic heterocycles. The Labute approximate surface area is 157 Å². The first-order valence-electron chi connectivity index (χ1n) is 8.67. The van der Waals surface area contributed by atoms with Crippen molar-refractivity contribution in [2.75, 3.05) is 33.1 Å². The second-order valence-electron chi connectivity index (χ2n) is 6.06. The van der Waals surface area contributed by atoms with Crippen molar-refractivity contribution in [3.05, 3.63) is 18.2 Å². The third kappa shape index (κ3) is 4.69. The van der Waals surface area contributed by atoms with E-state index in [1.807, 2.05) is 4.90 Å². The molecule has 0 N–H and O–H groups in total. The van der Waals surface area contributed by atoms with Gasteiger partial charge in [0.25, 0.3) is 5.22 Å². The summed E-state index contributed by atoms with van der Waals surface area (Å²) in [7, 11) is 3.17. The number of methoxy groups -OCH3 is 2. The summed E-state index contributed by atoms with van der Waals surface area (Å²) >= 11 is 1.27.